The molecule has 1 atom stereocenters. The number of aromatic nitrogens is 4. The van der Waals surface area contributed by atoms with Gasteiger partial charge in [-0.05, 0) is 21.9 Å². The van der Waals surface area contributed by atoms with Crippen LogP contribution < -0.4 is 4.74 Å². The quantitative estimate of drug-likeness (QED) is 0.810. The average Bonchev–Trinajstić information content (AvgIpc) is 3.04. The third-order valence-electron chi connectivity index (χ3n) is 2.70. The van der Waals surface area contributed by atoms with E-state index in [9.17, 15) is 4.79 Å². The normalized spacial score (nSPS) is 12.3. The van der Waals surface area contributed by atoms with Crippen LogP contribution in [0.2, 0.25) is 0 Å². The summed E-state index contributed by atoms with van der Waals surface area (Å²) in [7, 11) is 3.03. The average molecular weight is 298 g/mol. The molecule has 0 aliphatic heterocycles. The van der Waals surface area contributed by atoms with Crippen molar-refractivity contribution in [3.8, 4) is 16.5 Å². The van der Waals surface area contributed by atoms with Crippen LogP contribution in [0.25, 0.3) is 10.7 Å². The molecule has 2 aromatic rings. The van der Waals surface area contributed by atoms with E-state index in [2.05, 4.69) is 15.5 Å². The summed E-state index contributed by atoms with van der Waals surface area (Å²) in [6.07, 6.45) is -0.613. The van der Waals surface area contributed by atoms with Gasteiger partial charge in [-0.25, -0.2) is 4.68 Å². The molecule has 0 spiro atoms. The molecule has 2 rings (SSSR count). The first-order chi connectivity index (χ1) is 9.65. The van der Waals surface area contributed by atoms with Crippen LogP contribution >= 0.6 is 11.3 Å². The predicted molar refractivity (Wildman–Crippen MR) is 70.7 cm³/mol. The lowest BCUT2D eigenvalue weighted by molar-refractivity contribution is -0.140. The highest BCUT2D eigenvalue weighted by Gasteiger charge is 2.20. The largest absolute Gasteiger partial charge is 0.495 e. The van der Waals surface area contributed by atoms with E-state index in [4.69, 9.17) is 14.6 Å². The number of hydrogen-bond donors (Lipinski definition) is 1. The van der Waals surface area contributed by atoms with E-state index in [1.165, 1.54) is 23.1 Å². The number of tetrazole rings is 1. The van der Waals surface area contributed by atoms with E-state index < -0.39 is 12.1 Å². The SMILES string of the molecule is COc1ccsc1-c1nnnn1CC(CC(=O)O)OC. The van der Waals surface area contributed by atoms with Gasteiger partial charge in [-0.1, -0.05) is 0 Å². The number of methoxy groups -OCH3 is 2. The smallest absolute Gasteiger partial charge is 0.306 e. The van der Waals surface area contributed by atoms with Crippen LogP contribution in [-0.4, -0.2) is 51.6 Å². The van der Waals surface area contributed by atoms with Gasteiger partial charge in [0.25, 0.3) is 0 Å². The minimum Gasteiger partial charge on any atom is -0.495 e. The summed E-state index contributed by atoms with van der Waals surface area (Å²) < 4.78 is 11.9. The molecule has 0 aromatic carbocycles. The highest BCUT2D eigenvalue weighted by Crippen LogP contribution is 2.33. The highest BCUT2D eigenvalue weighted by molar-refractivity contribution is 7.13. The minimum atomic E-state index is -0.930. The molecule has 8 nitrogen and oxygen atoms in total. The van der Waals surface area contributed by atoms with Gasteiger partial charge in [-0.2, -0.15) is 0 Å². The number of nitrogens with zero attached hydrogens (tertiary/aromatic N) is 4. The maximum absolute atomic E-state index is 10.8. The monoisotopic (exact) mass is 298 g/mol. The number of aliphatic carboxylic acids is 1. The molecule has 0 aliphatic rings. The van der Waals surface area contributed by atoms with Crippen molar-refractivity contribution in [2.45, 2.75) is 19.1 Å². The second-order valence-corrected chi connectivity index (χ2v) is 4.87. The summed E-state index contributed by atoms with van der Waals surface area (Å²) in [6, 6.07) is 1.82. The Morgan fingerprint density at radius 2 is 2.35 bits per heavy atom. The lowest BCUT2D eigenvalue weighted by Gasteiger charge is -2.13. The third kappa shape index (κ3) is 3.11. The van der Waals surface area contributed by atoms with E-state index in [-0.39, 0.29) is 13.0 Å². The number of rotatable bonds is 7. The third-order valence-corrected chi connectivity index (χ3v) is 3.59. The molecule has 2 aromatic heterocycles. The maximum Gasteiger partial charge on any atom is 0.306 e. The molecule has 0 aliphatic carbocycles. The topological polar surface area (TPSA) is 99.4 Å². The second kappa shape index (κ2) is 6.44. The first-order valence-corrected chi connectivity index (χ1v) is 6.66. The first kappa shape index (κ1) is 14.4. The Bertz CT molecular complexity index is 582. The molecule has 0 saturated carbocycles. The molecule has 0 bridgehead atoms. The maximum atomic E-state index is 10.8. The van der Waals surface area contributed by atoms with E-state index >= 15 is 0 Å². The van der Waals surface area contributed by atoms with Gasteiger partial charge in [0.1, 0.15) is 10.6 Å². The lowest BCUT2D eigenvalue weighted by Crippen LogP contribution is -2.23. The van der Waals surface area contributed by atoms with Crippen molar-refractivity contribution in [2.24, 2.45) is 0 Å². The Morgan fingerprint density at radius 3 is 3.00 bits per heavy atom. The van der Waals surface area contributed by atoms with Crippen LogP contribution in [0.3, 0.4) is 0 Å². The van der Waals surface area contributed by atoms with Gasteiger partial charge < -0.3 is 14.6 Å². The fraction of sp³-hybridized carbons (Fsp3) is 0.455. The van der Waals surface area contributed by atoms with Crippen LogP contribution in [0.1, 0.15) is 6.42 Å². The minimum absolute atomic E-state index is 0.114. The van der Waals surface area contributed by atoms with Crippen molar-refractivity contribution in [2.75, 3.05) is 14.2 Å². The zero-order valence-corrected chi connectivity index (χ0v) is 11.8. The van der Waals surface area contributed by atoms with E-state index in [1.54, 1.807) is 7.11 Å². The summed E-state index contributed by atoms with van der Waals surface area (Å²) in [5, 5.41) is 22.2. The molecule has 0 saturated heterocycles. The van der Waals surface area contributed by atoms with Crippen molar-refractivity contribution >= 4 is 17.3 Å². The van der Waals surface area contributed by atoms with Gasteiger partial charge in [0.15, 0.2) is 5.82 Å². The van der Waals surface area contributed by atoms with Crippen LogP contribution in [0.5, 0.6) is 5.75 Å². The molecule has 0 fully saturated rings. The summed E-state index contributed by atoms with van der Waals surface area (Å²) in [4.78, 5) is 11.5. The van der Waals surface area contributed by atoms with Gasteiger partial charge in [0.2, 0.25) is 0 Å². The van der Waals surface area contributed by atoms with E-state index in [0.717, 1.165) is 4.88 Å². The molecule has 20 heavy (non-hydrogen) atoms. The zero-order valence-electron chi connectivity index (χ0n) is 11.0. The van der Waals surface area contributed by atoms with Crippen LogP contribution in [0, 0.1) is 0 Å². The summed E-state index contributed by atoms with van der Waals surface area (Å²) in [5.41, 5.74) is 0. The van der Waals surface area contributed by atoms with Crippen molar-refractivity contribution < 1.29 is 19.4 Å². The first-order valence-electron chi connectivity index (χ1n) is 5.78. The summed E-state index contributed by atoms with van der Waals surface area (Å²) in [5.74, 6) is 0.280. The second-order valence-electron chi connectivity index (χ2n) is 3.96. The molecule has 2 heterocycles. The van der Waals surface area contributed by atoms with Crippen molar-refractivity contribution in [3.05, 3.63) is 11.4 Å². The van der Waals surface area contributed by atoms with Crippen molar-refractivity contribution in [3.63, 3.8) is 0 Å². The predicted octanol–water partition coefficient (Wildman–Crippen LogP) is 0.900. The molecule has 1 N–H and O–H groups in total. The number of hydrogen-bond acceptors (Lipinski definition) is 7. The van der Waals surface area contributed by atoms with Crippen molar-refractivity contribution in [1.82, 2.24) is 20.2 Å². The Kier molecular flexibility index (Phi) is 4.64. The fourth-order valence-corrected chi connectivity index (χ4v) is 2.57. The number of ether oxygens (including phenoxy) is 2. The van der Waals surface area contributed by atoms with Gasteiger partial charge in [0.05, 0.1) is 26.2 Å². The molecule has 0 amide bonds. The Morgan fingerprint density at radius 1 is 1.55 bits per heavy atom. The molecule has 108 valence electrons. The number of carboxylic acids is 1. The Balaban J connectivity index is 2.22. The fourth-order valence-electron chi connectivity index (χ4n) is 1.72. The van der Waals surface area contributed by atoms with Crippen LogP contribution in [0.4, 0.5) is 0 Å². The zero-order chi connectivity index (χ0) is 14.5. The molecular formula is C11H14N4O4S. The van der Waals surface area contributed by atoms with Gasteiger partial charge in [-0.15, -0.1) is 16.4 Å². The van der Waals surface area contributed by atoms with Gasteiger partial charge in [-0.3, -0.25) is 4.79 Å². The van der Waals surface area contributed by atoms with Gasteiger partial charge in [0, 0.05) is 7.11 Å². The van der Waals surface area contributed by atoms with Crippen molar-refractivity contribution in [1.29, 1.82) is 0 Å². The van der Waals surface area contributed by atoms with E-state index in [0.29, 0.717) is 11.6 Å². The molecule has 9 heteroatoms. The standard InChI is InChI=1S/C11H14N4O4S/c1-18-7(5-9(16)17)6-15-11(12-13-14-15)10-8(19-2)3-4-20-10/h3-4,7H,5-6H2,1-2H3,(H,16,17). The van der Waals surface area contributed by atoms with Gasteiger partial charge >= 0.3 is 5.97 Å². The molecular weight excluding hydrogens is 284 g/mol. The number of carboxylic acid groups (broad SMARTS) is 1. The van der Waals surface area contributed by atoms with Crippen LogP contribution in [-0.2, 0) is 16.1 Å². The Labute approximate surface area is 118 Å². The Hall–Kier alpha value is -2.00. The highest BCUT2D eigenvalue weighted by atomic mass is 32.1. The number of carbonyl (C=O) groups is 1. The summed E-state index contributed by atoms with van der Waals surface area (Å²) in [6.45, 7) is 0.256. The number of thiophene rings is 1. The summed E-state index contributed by atoms with van der Waals surface area (Å²) >= 11 is 1.45. The molecule has 0 radical (unpaired) electrons. The van der Waals surface area contributed by atoms with E-state index in [1.807, 2.05) is 11.4 Å². The molecule has 1 unspecified atom stereocenters. The lowest BCUT2D eigenvalue weighted by atomic mass is 10.2. The van der Waals surface area contributed by atoms with Crippen LogP contribution in [0.15, 0.2) is 11.4 Å².